The molecule has 1 unspecified atom stereocenters. The zero-order valence-corrected chi connectivity index (χ0v) is 12.2. The molecule has 1 atom stereocenters. The maximum absolute atomic E-state index is 5.66. The molecule has 102 valence electrons. The molecule has 0 aliphatic carbocycles. The second-order valence-corrected chi connectivity index (χ2v) is 5.69. The first-order valence-electron chi connectivity index (χ1n) is 6.78. The Morgan fingerprint density at radius 2 is 2.00 bits per heavy atom. The van der Waals surface area contributed by atoms with E-state index in [0.717, 1.165) is 31.7 Å². The van der Waals surface area contributed by atoms with E-state index in [2.05, 4.69) is 29.8 Å². The summed E-state index contributed by atoms with van der Waals surface area (Å²) < 4.78 is 5.66. The van der Waals surface area contributed by atoms with Crippen molar-refractivity contribution in [3.05, 3.63) is 52.7 Å². The summed E-state index contributed by atoms with van der Waals surface area (Å²) in [7, 11) is 0. The number of rotatable bonds is 8. The average molecular weight is 275 g/mol. The van der Waals surface area contributed by atoms with Crippen LogP contribution in [0.15, 0.2) is 47.8 Å². The van der Waals surface area contributed by atoms with Gasteiger partial charge < -0.3 is 10.1 Å². The zero-order valence-electron chi connectivity index (χ0n) is 11.3. The minimum Gasteiger partial charge on any atom is -0.494 e. The Balaban J connectivity index is 1.54. The van der Waals surface area contributed by atoms with E-state index >= 15 is 0 Å². The van der Waals surface area contributed by atoms with E-state index < -0.39 is 0 Å². The minimum absolute atomic E-state index is 0.523. The van der Waals surface area contributed by atoms with Gasteiger partial charge in [-0.25, -0.2) is 0 Å². The summed E-state index contributed by atoms with van der Waals surface area (Å²) in [6.45, 7) is 4.00. The Morgan fingerprint density at radius 1 is 1.16 bits per heavy atom. The third kappa shape index (κ3) is 5.45. The molecule has 1 heterocycles. The first-order valence-corrected chi connectivity index (χ1v) is 7.66. The van der Waals surface area contributed by atoms with Gasteiger partial charge in [-0.05, 0) is 49.9 Å². The van der Waals surface area contributed by atoms with Gasteiger partial charge in [0.25, 0.3) is 0 Å². The molecule has 0 saturated heterocycles. The summed E-state index contributed by atoms with van der Waals surface area (Å²) in [5.74, 6) is 0.953. The van der Waals surface area contributed by atoms with Crippen molar-refractivity contribution in [1.82, 2.24) is 5.32 Å². The Bertz CT molecular complexity index is 441. The molecular weight excluding hydrogens is 254 g/mol. The van der Waals surface area contributed by atoms with E-state index in [4.69, 9.17) is 4.74 Å². The number of ether oxygens (including phenoxy) is 1. The third-order valence-electron chi connectivity index (χ3n) is 2.91. The van der Waals surface area contributed by atoms with Gasteiger partial charge in [-0.1, -0.05) is 24.3 Å². The first kappa shape index (κ1) is 14.1. The Hall–Kier alpha value is -1.32. The van der Waals surface area contributed by atoms with Crippen LogP contribution in [-0.2, 0) is 6.42 Å². The zero-order chi connectivity index (χ0) is 13.3. The van der Waals surface area contributed by atoms with E-state index in [0.29, 0.717) is 6.04 Å². The minimum atomic E-state index is 0.523. The quantitative estimate of drug-likeness (QED) is 0.741. The second-order valence-electron chi connectivity index (χ2n) is 4.65. The summed E-state index contributed by atoms with van der Waals surface area (Å²) in [4.78, 5) is 1.44. The molecule has 0 amide bonds. The molecule has 0 spiro atoms. The molecule has 1 aromatic carbocycles. The van der Waals surface area contributed by atoms with E-state index in [1.54, 1.807) is 0 Å². The fourth-order valence-corrected chi connectivity index (χ4v) is 2.77. The van der Waals surface area contributed by atoms with Crippen molar-refractivity contribution in [1.29, 1.82) is 0 Å². The van der Waals surface area contributed by atoms with Crippen molar-refractivity contribution in [3.8, 4) is 5.75 Å². The van der Waals surface area contributed by atoms with Gasteiger partial charge in [0.2, 0.25) is 0 Å². The van der Waals surface area contributed by atoms with E-state index in [-0.39, 0.29) is 0 Å². The molecule has 1 aromatic heterocycles. The first-order chi connectivity index (χ1) is 9.34. The van der Waals surface area contributed by atoms with Crippen LogP contribution in [0.2, 0.25) is 0 Å². The molecule has 2 nitrogen and oxygen atoms in total. The van der Waals surface area contributed by atoms with Crippen LogP contribution in [0, 0.1) is 0 Å². The molecule has 0 radical (unpaired) electrons. The van der Waals surface area contributed by atoms with Crippen molar-refractivity contribution < 1.29 is 4.74 Å². The van der Waals surface area contributed by atoms with Gasteiger partial charge in [0.1, 0.15) is 5.75 Å². The predicted octanol–water partition coefficient (Wildman–Crippen LogP) is 3.74. The van der Waals surface area contributed by atoms with Crippen LogP contribution in [0.3, 0.4) is 0 Å². The van der Waals surface area contributed by atoms with E-state index in [1.165, 1.54) is 4.88 Å². The van der Waals surface area contributed by atoms with E-state index in [1.807, 2.05) is 41.7 Å². The lowest BCUT2D eigenvalue weighted by Crippen LogP contribution is -2.29. The monoisotopic (exact) mass is 275 g/mol. The topological polar surface area (TPSA) is 21.3 Å². The molecule has 0 aliphatic rings. The Morgan fingerprint density at radius 3 is 2.74 bits per heavy atom. The molecule has 2 rings (SSSR count). The molecule has 0 aliphatic heterocycles. The lowest BCUT2D eigenvalue weighted by molar-refractivity contribution is 0.305. The summed E-state index contributed by atoms with van der Waals surface area (Å²) in [6, 6.07) is 14.8. The lowest BCUT2D eigenvalue weighted by atomic mass is 10.2. The number of thiophene rings is 1. The molecule has 0 fully saturated rings. The largest absolute Gasteiger partial charge is 0.494 e. The smallest absolute Gasteiger partial charge is 0.119 e. The van der Waals surface area contributed by atoms with Crippen LogP contribution in [0.4, 0.5) is 0 Å². The Labute approximate surface area is 119 Å². The van der Waals surface area contributed by atoms with Gasteiger partial charge >= 0.3 is 0 Å². The standard InChI is InChI=1S/C16H21NOS/c1-14(13-16-9-5-12-19-16)17-10-6-11-18-15-7-3-2-4-8-15/h2-5,7-9,12,14,17H,6,10-11,13H2,1H3. The predicted molar refractivity (Wildman–Crippen MR) is 82.0 cm³/mol. The molecule has 2 aromatic rings. The van der Waals surface area contributed by atoms with Gasteiger partial charge in [0, 0.05) is 10.9 Å². The molecule has 0 bridgehead atoms. The molecule has 19 heavy (non-hydrogen) atoms. The third-order valence-corrected chi connectivity index (χ3v) is 3.81. The van der Waals surface area contributed by atoms with Crippen molar-refractivity contribution in [2.75, 3.05) is 13.2 Å². The van der Waals surface area contributed by atoms with Crippen molar-refractivity contribution >= 4 is 11.3 Å². The highest BCUT2D eigenvalue weighted by molar-refractivity contribution is 7.09. The number of hydrogen-bond donors (Lipinski definition) is 1. The van der Waals surface area contributed by atoms with Crippen LogP contribution in [-0.4, -0.2) is 19.2 Å². The molecule has 0 saturated carbocycles. The van der Waals surface area contributed by atoms with Gasteiger partial charge in [0.15, 0.2) is 0 Å². The highest BCUT2D eigenvalue weighted by Gasteiger charge is 2.03. The molecular formula is C16H21NOS. The van der Waals surface area contributed by atoms with Crippen LogP contribution in [0.5, 0.6) is 5.75 Å². The fraction of sp³-hybridized carbons (Fsp3) is 0.375. The molecule has 1 N–H and O–H groups in total. The van der Waals surface area contributed by atoms with Crippen molar-refractivity contribution in [3.63, 3.8) is 0 Å². The van der Waals surface area contributed by atoms with Crippen LogP contribution >= 0.6 is 11.3 Å². The maximum Gasteiger partial charge on any atom is 0.119 e. The van der Waals surface area contributed by atoms with Crippen LogP contribution < -0.4 is 10.1 Å². The van der Waals surface area contributed by atoms with Crippen LogP contribution in [0.1, 0.15) is 18.2 Å². The van der Waals surface area contributed by atoms with Gasteiger partial charge in [-0.15, -0.1) is 11.3 Å². The number of nitrogens with one attached hydrogen (secondary N) is 1. The SMILES string of the molecule is CC(Cc1cccs1)NCCCOc1ccccc1. The van der Waals surface area contributed by atoms with E-state index in [9.17, 15) is 0 Å². The fourth-order valence-electron chi connectivity index (χ4n) is 1.93. The summed E-state index contributed by atoms with van der Waals surface area (Å²) in [5, 5.41) is 5.67. The molecule has 3 heteroatoms. The van der Waals surface area contributed by atoms with Gasteiger partial charge in [0.05, 0.1) is 6.61 Å². The van der Waals surface area contributed by atoms with Gasteiger partial charge in [-0.3, -0.25) is 0 Å². The van der Waals surface area contributed by atoms with Crippen molar-refractivity contribution in [2.24, 2.45) is 0 Å². The van der Waals surface area contributed by atoms with Crippen molar-refractivity contribution in [2.45, 2.75) is 25.8 Å². The highest BCUT2D eigenvalue weighted by Crippen LogP contribution is 2.11. The average Bonchev–Trinajstić information content (AvgIpc) is 2.92. The lowest BCUT2D eigenvalue weighted by Gasteiger charge is -2.13. The summed E-state index contributed by atoms with van der Waals surface area (Å²) in [6.07, 6.45) is 2.14. The number of para-hydroxylation sites is 1. The highest BCUT2D eigenvalue weighted by atomic mass is 32.1. The maximum atomic E-state index is 5.66. The summed E-state index contributed by atoms with van der Waals surface area (Å²) in [5.41, 5.74) is 0. The number of hydrogen-bond acceptors (Lipinski definition) is 3. The number of benzene rings is 1. The second kappa shape index (κ2) is 7.97. The normalized spacial score (nSPS) is 12.3. The van der Waals surface area contributed by atoms with Crippen LogP contribution in [0.25, 0.3) is 0 Å². The summed E-state index contributed by atoms with van der Waals surface area (Å²) >= 11 is 1.83. The Kier molecular flexibility index (Phi) is 5.92. The van der Waals surface area contributed by atoms with Gasteiger partial charge in [-0.2, -0.15) is 0 Å².